The molecule has 2 aromatic carbocycles. The molecule has 0 unspecified atom stereocenters. The van der Waals surface area contributed by atoms with Gasteiger partial charge in [-0.25, -0.2) is 4.68 Å². The molecule has 3 heterocycles. The van der Waals surface area contributed by atoms with Crippen molar-refractivity contribution in [2.24, 2.45) is 5.92 Å². The summed E-state index contributed by atoms with van der Waals surface area (Å²) in [6.45, 7) is 2.66. The third kappa shape index (κ3) is 4.37. The number of non-ortho nitro benzene ring substituents is 1. The number of benzene rings is 2. The van der Waals surface area contributed by atoms with Crippen molar-refractivity contribution in [1.82, 2.24) is 19.9 Å². The van der Waals surface area contributed by atoms with Crippen molar-refractivity contribution in [3.63, 3.8) is 0 Å². The molecule has 1 fully saturated rings. The van der Waals surface area contributed by atoms with Gasteiger partial charge in [0.2, 0.25) is 12.7 Å². The highest BCUT2D eigenvalue weighted by molar-refractivity contribution is 5.95. The number of hydrogen-bond donors (Lipinski definition) is 1. The number of aromatic nitrogens is 3. The molecule has 0 aliphatic carbocycles. The fourth-order valence-corrected chi connectivity index (χ4v) is 4.22. The van der Waals surface area contributed by atoms with Gasteiger partial charge in [-0.3, -0.25) is 19.7 Å². The smallest absolute Gasteiger partial charge is 0.276 e. The molecule has 35 heavy (non-hydrogen) atoms. The zero-order valence-electron chi connectivity index (χ0n) is 18.8. The van der Waals surface area contributed by atoms with Crippen LogP contribution in [0.15, 0.2) is 42.5 Å². The van der Waals surface area contributed by atoms with E-state index in [9.17, 15) is 19.7 Å². The number of likely N-dealkylation sites (tertiary alicyclic amines) is 1. The van der Waals surface area contributed by atoms with Crippen LogP contribution in [0, 0.1) is 23.0 Å². The summed E-state index contributed by atoms with van der Waals surface area (Å²) in [6, 6.07) is 11.2. The second-order valence-electron chi connectivity index (χ2n) is 8.34. The van der Waals surface area contributed by atoms with Crippen LogP contribution >= 0.6 is 0 Å². The maximum Gasteiger partial charge on any atom is 0.276 e. The van der Waals surface area contributed by atoms with Crippen molar-refractivity contribution >= 4 is 23.2 Å². The van der Waals surface area contributed by atoms with Gasteiger partial charge in [0.15, 0.2) is 17.2 Å². The molecule has 2 aliphatic heterocycles. The average molecular weight is 478 g/mol. The Hall–Kier alpha value is -4.48. The molecule has 1 aromatic heterocycles. The van der Waals surface area contributed by atoms with E-state index in [1.54, 1.807) is 42.2 Å². The van der Waals surface area contributed by atoms with Gasteiger partial charge in [0.05, 0.1) is 16.3 Å². The van der Waals surface area contributed by atoms with Crippen molar-refractivity contribution in [3.05, 3.63) is 64.0 Å². The number of nitro groups is 1. The van der Waals surface area contributed by atoms with Gasteiger partial charge in [-0.2, -0.15) is 0 Å². The van der Waals surface area contributed by atoms with E-state index in [2.05, 4.69) is 15.6 Å². The van der Waals surface area contributed by atoms with Gasteiger partial charge in [-0.1, -0.05) is 11.3 Å². The molecule has 1 saturated heterocycles. The Labute approximate surface area is 199 Å². The van der Waals surface area contributed by atoms with E-state index in [0.29, 0.717) is 54.5 Å². The average Bonchev–Trinajstić information content (AvgIpc) is 3.49. The lowest BCUT2D eigenvalue weighted by Gasteiger charge is -2.31. The van der Waals surface area contributed by atoms with Crippen LogP contribution in [0.1, 0.15) is 29.0 Å². The fourth-order valence-electron chi connectivity index (χ4n) is 4.22. The first-order valence-electron chi connectivity index (χ1n) is 11.1. The predicted octanol–water partition coefficient (Wildman–Crippen LogP) is 2.70. The minimum absolute atomic E-state index is 0.0774. The van der Waals surface area contributed by atoms with Crippen LogP contribution in [-0.2, 0) is 4.79 Å². The van der Waals surface area contributed by atoms with E-state index in [1.807, 2.05) is 0 Å². The zero-order valence-corrected chi connectivity index (χ0v) is 18.8. The summed E-state index contributed by atoms with van der Waals surface area (Å²) in [5, 5.41) is 22.0. The molecule has 0 atom stereocenters. The number of anilines is 1. The number of piperidine rings is 1. The standard InChI is InChI=1S/C23H22N6O6/c1-14-21(25-26-28(14)17-3-2-4-18(12-17)29(32)33)23(31)27-9-7-15(8-10-27)22(30)24-16-5-6-19-20(11-16)35-13-34-19/h2-6,11-12,15H,7-10,13H2,1H3,(H,24,30). The number of carbonyl (C=O) groups excluding carboxylic acids is 2. The molecular weight excluding hydrogens is 456 g/mol. The highest BCUT2D eigenvalue weighted by Crippen LogP contribution is 2.34. The fraction of sp³-hybridized carbons (Fsp3) is 0.304. The van der Waals surface area contributed by atoms with E-state index in [0.717, 1.165) is 0 Å². The molecule has 12 heteroatoms. The summed E-state index contributed by atoms with van der Waals surface area (Å²) >= 11 is 0. The van der Waals surface area contributed by atoms with Crippen molar-refractivity contribution in [3.8, 4) is 17.2 Å². The molecule has 5 rings (SSSR count). The second kappa shape index (κ2) is 9.05. The van der Waals surface area contributed by atoms with E-state index in [1.165, 1.54) is 16.8 Å². The molecule has 3 aromatic rings. The van der Waals surface area contributed by atoms with Gasteiger partial charge < -0.3 is 19.7 Å². The molecule has 0 bridgehead atoms. The Kier molecular flexibility index (Phi) is 5.77. The van der Waals surface area contributed by atoms with Gasteiger partial charge in [0.1, 0.15) is 0 Å². The summed E-state index contributed by atoms with van der Waals surface area (Å²) in [5.74, 6) is 0.618. The Morgan fingerprint density at radius 1 is 1.11 bits per heavy atom. The van der Waals surface area contributed by atoms with Gasteiger partial charge in [-0.05, 0) is 38.0 Å². The maximum atomic E-state index is 13.1. The van der Waals surface area contributed by atoms with Crippen LogP contribution in [-0.4, -0.2) is 56.5 Å². The number of ether oxygens (including phenoxy) is 2. The second-order valence-corrected chi connectivity index (χ2v) is 8.34. The normalized spacial score (nSPS) is 15.2. The Morgan fingerprint density at radius 2 is 1.89 bits per heavy atom. The minimum Gasteiger partial charge on any atom is -0.454 e. The Bertz CT molecular complexity index is 1310. The Balaban J connectivity index is 1.21. The summed E-state index contributed by atoms with van der Waals surface area (Å²) < 4.78 is 12.0. The van der Waals surface area contributed by atoms with Crippen LogP contribution in [0.5, 0.6) is 11.5 Å². The first-order chi connectivity index (χ1) is 16.9. The van der Waals surface area contributed by atoms with Gasteiger partial charge in [-0.15, -0.1) is 5.10 Å². The van der Waals surface area contributed by atoms with E-state index < -0.39 is 4.92 Å². The van der Waals surface area contributed by atoms with Crippen molar-refractivity contribution in [2.75, 3.05) is 25.2 Å². The molecule has 0 saturated carbocycles. The summed E-state index contributed by atoms with van der Waals surface area (Å²) in [6.07, 6.45) is 1.03. The molecule has 1 N–H and O–H groups in total. The van der Waals surface area contributed by atoms with Crippen molar-refractivity contribution in [2.45, 2.75) is 19.8 Å². The third-order valence-electron chi connectivity index (χ3n) is 6.18. The molecule has 2 aliphatic rings. The van der Waals surface area contributed by atoms with Gasteiger partial charge in [0, 0.05) is 42.9 Å². The predicted molar refractivity (Wildman–Crippen MR) is 123 cm³/mol. The highest BCUT2D eigenvalue weighted by Gasteiger charge is 2.30. The number of nitrogens with zero attached hydrogens (tertiary/aromatic N) is 5. The number of rotatable bonds is 5. The number of nitro benzene ring substituents is 1. The molecular formula is C23H22N6O6. The number of carbonyl (C=O) groups is 2. The molecule has 0 radical (unpaired) electrons. The first-order valence-corrected chi connectivity index (χ1v) is 11.1. The SMILES string of the molecule is Cc1c(C(=O)N2CCC(C(=O)Nc3ccc4c(c3)OCO4)CC2)nnn1-c1cccc([N+](=O)[O-])c1. The maximum absolute atomic E-state index is 13.1. The molecule has 0 spiro atoms. The van der Waals surface area contributed by atoms with Crippen LogP contribution in [0.3, 0.4) is 0 Å². The van der Waals surface area contributed by atoms with Crippen LogP contribution in [0.2, 0.25) is 0 Å². The van der Waals surface area contributed by atoms with E-state index >= 15 is 0 Å². The number of hydrogen-bond acceptors (Lipinski definition) is 8. The first kappa shape index (κ1) is 22.3. The van der Waals surface area contributed by atoms with E-state index in [-0.39, 0.29) is 35.9 Å². The number of fused-ring (bicyclic) bond motifs is 1. The van der Waals surface area contributed by atoms with Crippen LogP contribution < -0.4 is 14.8 Å². The lowest BCUT2D eigenvalue weighted by molar-refractivity contribution is -0.384. The minimum atomic E-state index is -0.491. The molecule has 180 valence electrons. The summed E-state index contributed by atoms with van der Waals surface area (Å²) in [5.41, 5.74) is 1.66. The zero-order chi connectivity index (χ0) is 24.5. The largest absolute Gasteiger partial charge is 0.454 e. The topological polar surface area (TPSA) is 142 Å². The van der Waals surface area contributed by atoms with Crippen molar-refractivity contribution < 1.29 is 24.0 Å². The molecule has 12 nitrogen and oxygen atoms in total. The van der Waals surface area contributed by atoms with Gasteiger partial charge in [0.25, 0.3) is 11.6 Å². The highest BCUT2D eigenvalue weighted by atomic mass is 16.7. The Morgan fingerprint density at radius 3 is 2.66 bits per heavy atom. The summed E-state index contributed by atoms with van der Waals surface area (Å²) in [4.78, 5) is 38.1. The summed E-state index contributed by atoms with van der Waals surface area (Å²) in [7, 11) is 0. The monoisotopic (exact) mass is 478 g/mol. The quantitative estimate of drug-likeness (QED) is 0.436. The molecule has 2 amide bonds. The third-order valence-corrected chi connectivity index (χ3v) is 6.18. The number of nitrogens with one attached hydrogen (secondary N) is 1. The van der Waals surface area contributed by atoms with E-state index in [4.69, 9.17) is 9.47 Å². The van der Waals surface area contributed by atoms with Crippen LogP contribution in [0.25, 0.3) is 5.69 Å². The van der Waals surface area contributed by atoms with Gasteiger partial charge >= 0.3 is 0 Å². The van der Waals surface area contributed by atoms with Crippen LogP contribution in [0.4, 0.5) is 11.4 Å². The lowest BCUT2D eigenvalue weighted by Crippen LogP contribution is -2.41. The number of amides is 2. The van der Waals surface area contributed by atoms with Crippen molar-refractivity contribution in [1.29, 1.82) is 0 Å². The lowest BCUT2D eigenvalue weighted by atomic mass is 9.95.